The minimum absolute atomic E-state index is 0.212. The molecule has 112 valence electrons. The molecule has 0 spiro atoms. The largest absolute Gasteiger partial charge is 0.385 e. The van der Waals surface area contributed by atoms with Crippen molar-refractivity contribution in [1.29, 1.82) is 0 Å². The molecule has 1 aromatic rings. The molecule has 0 amide bonds. The predicted molar refractivity (Wildman–Crippen MR) is 81.6 cm³/mol. The van der Waals surface area contributed by atoms with Crippen LogP contribution in [0.2, 0.25) is 0 Å². The lowest BCUT2D eigenvalue weighted by molar-refractivity contribution is 0.165. The number of fused-ring (bicyclic) bond motifs is 1. The van der Waals surface area contributed by atoms with Crippen molar-refractivity contribution in [2.24, 2.45) is 16.6 Å². The SMILES string of the molecule is COCCC1(Cn2ccc3c2CC(C)(C)CC3N)CC1. The zero-order valence-electron chi connectivity index (χ0n) is 13.1. The van der Waals surface area contributed by atoms with Crippen molar-refractivity contribution in [1.82, 2.24) is 4.57 Å². The third kappa shape index (κ3) is 2.66. The van der Waals surface area contributed by atoms with Crippen LogP contribution in [0.4, 0.5) is 0 Å². The molecule has 1 aromatic heterocycles. The van der Waals surface area contributed by atoms with Gasteiger partial charge < -0.3 is 15.0 Å². The van der Waals surface area contributed by atoms with Crippen molar-refractivity contribution in [3.63, 3.8) is 0 Å². The van der Waals surface area contributed by atoms with Crippen LogP contribution < -0.4 is 5.73 Å². The van der Waals surface area contributed by atoms with Crippen LogP contribution in [0.3, 0.4) is 0 Å². The van der Waals surface area contributed by atoms with E-state index < -0.39 is 0 Å². The number of ether oxygens (including phenoxy) is 1. The maximum absolute atomic E-state index is 6.36. The first kappa shape index (κ1) is 14.2. The van der Waals surface area contributed by atoms with E-state index in [1.54, 1.807) is 7.11 Å². The molecule has 1 unspecified atom stereocenters. The first-order valence-corrected chi connectivity index (χ1v) is 7.87. The summed E-state index contributed by atoms with van der Waals surface area (Å²) >= 11 is 0. The molecule has 1 atom stereocenters. The molecule has 0 aliphatic heterocycles. The molecular weight excluding hydrogens is 248 g/mol. The molecule has 0 radical (unpaired) electrons. The van der Waals surface area contributed by atoms with Gasteiger partial charge in [-0.25, -0.2) is 0 Å². The second-order valence-corrected chi connectivity index (χ2v) is 7.74. The normalized spacial score (nSPS) is 26.3. The highest BCUT2D eigenvalue weighted by Gasteiger charge is 2.43. The summed E-state index contributed by atoms with van der Waals surface area (Å²) < 4.78 is 7.76. The summed E-state index contributed by atoms with van der Waals surface area (Å²) in [6.45, 7) is 6.71. The fourth-order valence-corrected chi connectivity index (χ4v) is 3.79. The number of rotatable bonds is 5. The van der Waals surface area contributed by atoms with Gasteiger partial charge in [-0.3, -0.25) is 0 Å². The molecule has 1 heterocycles. The topological polar surface area (TPSA) is 40.2 Å². The molecular formula is C17H28N2O. The van der Waals surface area contributed by atoms with Gasteiger partial charge in [-0.1, -0.05) is 13.8 Å². The first-order chi connectivity index (χ1) is 9.45. The summed E-state index contributed by atoms with van der Waals surface area (Å²) in [4.78, 5) is 0. The molecule has 2 N–H and O–H groups in total. The maximum atomic E-state index is 6.36. The van der Waals surface area contributed by atoms with Crippen LogP contribution in [0, 0.1) is 10.8 Å². The van der Waals surface area contributed by atoms with E-state index in [0.717, 1.165) is 26.0 Å². The Morgan fingerprint density at radius 1 is 1.40 bits per heavy atom. The van der Waals surface area contributed by atoms with Crippen molar-refractivity contribution in [2.45, 2.75) is 58.5 Å². The molecule has 0 saturated heterocycles. The quantitative estimate of drug-likeness (QED) is 0.896. The molecule has 1 fully saturated rings. The molecule has 1 saturated carbocycles. The van der Waals surface area contributed by atoms with Crippen LogP contribution in [0.25, 0.3) is 0 Å². The van der Waals surface area contributed by atoms with Crippen LogP contribution in [0.15, 0.2) is 12.3 Å². The minimum atomic E-state index is 0.212. The lowest BCUT2D eigenvalue weighted by Gasteiger charge is -2.35. The van der Waals surface area contributed by atoms with Crippen LogP contribution in [0.5, 0.6) is 0 Å². The van der Waals surface area contributed by atoms with Gasteiger partial charge in [0.25, 0.3) is 0 Å². The van der Waals surface area contributed by atoms with Crippen molar-refractivity contribution in [3.05, 3.63) is 23.5 Å². The molecule has 3 nitrogen and oxygen atoms in total. The fourth-order valence-electron chi connectivity index (χ4n) is 3.79. The van der Waals surface area contributed by atoms with Gasteiger partial charge in [-0.15, -0.1) is 0 Å². The molecule has 2 aliphatic carbocycles. The van der Waals surface area contributed by atoms with Gasteiger partial charge in [0, 0.05) is 38.2 Å². The molecule has 0 bridgehead atoms. The lowest BCUT2D eigenvalue weighted by atomic mass is 9.74. The molecule has 0 aromatic carbocycles. The van der Waals surface area contributed by atoms with E-state index >= 15 is 0 Å². The Morgan fingerprint density at radius 2 is 2.15 bits per heavy atom. The highest BCUT2D eigenvalue weighted by Crippen LogP contribution is 2.51. The monoisotopic (exact) mass is 276 g/mol. The van der Waals surface area contributed by atoms with E-state index in [4.69, 9.17) is 10.5 Å². The number of nitrogens with two attached hydrogens (primary N) is 1. The Morgan fingerprint density at radius 3 is 2.80 bits per heavy atom. The summed E-state index contributed by atoms with van der Waals surface area (Å²) in [7, 11) is 1.80. The third-order valence-corrected chi connectivity index (χ3v) is 5.23. The van der Waals surface area contributed by atoms with Gasteiger partial charge in [0.05, 0.1) is 0 Å². The van der Waals surface area contributed by atoms with Crippen LogP contribution >= 0.6 is 0 Å². The molecule has 2 aliphatic rings. The lowest BCUT2D eigenvalue weighted by Crippen LogP contribution is -2.31. The Hall–Kier alpha value is -0.800. The second kappa shape index (κ2) is 4.88. The van der Waals surface area contributed by atoms with E-state index in [1.165, 1.54) is 30.5 Å². The molecule has 20 heavy (non-hydrogen) atoms. The zero-order valence-corrected chi connectivity index (χ0v) is 13.1. The standard InChI is InChI=1S/C17H28N2O/c1-16(2)10-14(18)13-4-8-19(15(13)11-16)12-17(5-6-17)7-9-20-3/h4,8,14H,5-7,9-12,18H2,1-3H3. The zero-order chi connectivity index (χ0) is 14.4. The van der Waals surface area contributed by atoms with Gasteiger partial charge in [-0.2, -0.15) is 0 Å². The van der Waals surface area contributed by atoms with Crippen molar-refractivity contribution >= 4 is 0 Å². The molecule has 3 heteroatoms. The smallest absolute Gasteiger partial charge is 0.0468 e. The van der Waals surface area contributed by atoms with Gasteiger partial charge in [0.1, 0.15) is 0 Å². The van der Waals surface area contributed by atoms with Crippen molar-refractivity contribution in [3.8, 4) is 0 Å². The number of nitrogens with zero attached hydrogens (tertiary/aromatic N) is 1. The summed E-state index contributed by atoms with van der Waals surface area (Å²) in [5.41, 5.74) is 10.0. The van der Waals surface area contributed by atoms with E-state index in [2.05, 4.69) is 30.7 Å². The Kier molecular flexibility index (Phi) is 3.46. The Labute approximate surface area is 122 Å². The highest BCUT2D eigenvalue weighted by molar-refractivity contribution is 5.30. The Balaban J connectivity index is 1.79. The summed E-state index contributed by atoms with van der Waals surface area (Å²) in [6.07, 6.45) is 8.39. The maximum Gasteiger partial charge on any atom is 0.0468 e. The number of hydrogen-bond donors (Lipinski definition) is 1. The molecule has 3 rings (SSSR count). The average molecular weight is 276 g/mol. The van der Waals surface area contributed by atoms with E-state index in [1.807, 2.05) is 0 Å². The number of aromatic nitrogens is 1. The first-order valence-electron chi connectivity index (χ1n) is 7.87. The van der Waals surface area contributed by atoms with Gasteiger partial charge in [0.15, 0.2) is 0 Å². The van der Waals surface area contributed by atoms with E-state index in [0.29, 0.717) is 10.8 Å². The van der Waals surface area contributed by atoms with Crippen LogP contribution in [-0.4, -0.2) is 18.3 Å². The fraction of sp³-hybridized carbons (Fsp3) is 0.765. The summed E-state index contributed by atoms with van der Waals surface area (Å²) in [5, 5.41) is 0. The minimum Gasteiger partial charge on any atom is -0.385 e. The second-order valence-electron chi connectivity index (χ2n) is 7.74. The van der Waals surface area contributed by atoms with E-state index in [9.17, 15) is 0 Å². The van der Waals surface area contributed by atoms with Crippen LogP contribution in [0.1, 0.15) is 56.8 Å². The van der Waals surface area contributed by atoms with Crippen molar-refractivity contribution in [2.75, 3.05) is 13.7 Å². The van der Waals surface area contributed by atoms with Gasteiger partial charge in [-0.05, 0) is 54.6 Å². The van der Waals surface area contributed by atoms with Gasteiger partial charge in [0.2, 0.25) is 0 Å². The Bertz CT molecular complexity index is 485. The number of methoxy groups -OCH3 is 1. The predicted octanol–water partition coefficient (Wildman–Crippen LogP) is 3.28. The summed E-state index contributed by atoms with van der Waals surface area (Å²) in [6, 6.07) is 2.46. The number of hydrogen-bond acceptors (Lipinski definition) is 2. The van der Waals surface area contributed by atoms with E-state index in [-0.39, 0.29) is 6.04 Å². The third-order valence-electron chi connectivity index (χ3n) is 5.23. The van der Waals surface area contributed by atoms with Crippen molar-refractivity contribution < 1.29 is 4.74 Å². The highest BCUT2D eigenvalue weighted by atomic mass is 16.5. The summed E-state index contributed by atoms with van der Waals surface area (Å²) in [5.74, 6) is 0. The van der Waals surface area contributed by atoms with Gasteiger partial charge >= 0.3 is 0 Å². The van der Waals surface area contributed by atoms with Crippen LogP contribution in [-0.2, 0) is 17.7 Å². The average Bonchev–Trinajstić information content (AvgIpc) is 3.02.